The first-order valence-corrected chi connectivity index (χ1v) is 7.08. The normalized spacial score (nSPS) is 23.8. The summed E-state index contributed by atoms with van der Waals surface area (Å²) < 4.78 is 0. The summed E-state index contributed by atoms with van der Waals surface area (Å²) in [6.07, 6.45) is 1.31. The number of hydrogen-bond acceptors (Lipinski definition) is 1. The van der Waals surface area contributed by atoms with Crippen LogP contribution in [0.4, 0.5) is 5.69 Å². The van der Waals surface area contributed by atoms with E-state index in [2.05, 4.69) is 55.3 Å². The summed E-state index contributed by atoms with van der Waals surface area (Å²) in [7, 11) is 0. The van der Waals surface area contributed by atoms with Crippen LogP contribution < -0.4 is 5.32 Å². The second-order valence-electron chi connectivity index (χ2n) is 5.65. The summed E-state index contributed by atoms with van der Waals surface area (Å²) in [5.74, 6) is 1.46. The fraction of sp³-hybridized carbons (Fsp3) is 0.533. The van der Waals surface area contributed by atoms with Gasteiger partial charge in [0.2, 0.25) is 0 Å². The third-order valence-electron chi connectivity index (χ3n) is 3.46. The Labute approximate surface area is 115 Å². The van der Waals surface area contributed by atoms with E-state index < -0.39 is 0 Å². The average molecular weight is 262 g/mol. The summed E-state index contributed by atoms with van der Waals surface area (Å²) in [4.78, 5) is 2.30. The second-order valence-corrected chi connectivity index (χ2v) is 6.03. The standard InChI is InChI=1S/C15H22N2S/c1-11-4-6-14(7-5-11)16-15(18)17-9-12(2)8-13(3)10-17/h4-7,12-13H,8-10H2,1-3H3,(H,16,18)/t12-,13+. The molecule has 0 aliphatic carbocycles. The quantitative estimate of drug-likeness (QED) is 0.777. The molecule has 18 heavy (non-hydrogen) atoms. The van der Waals surface area contributed by atoms with Gasteiger partial charge in [0.1, 0.15) is 0 Å². The highest BCUT2D eigenvalue weighted by Gasteiger charge is 2.23. The first-order chi connectivity index (χ1) is 8.54. The van der Waals surface area contributed by atoms with Gasteiger partial charge in [0.25, 0.3) is 0 Å². The number of piperidine rings is 1. The van der Waals surface area contributed by atoms with Crippen LogP contribution in [0.2, 0.25) is 0 Å². The highest BCUT2D eigenvalue weighted by molar-refractivity contribution is 7.80. The Bertz CT molecular complexity index is 403. The lowest BCUT2D eigenvalue weighted by atomic mass is 9.92. The lowest BCUT2D eigenvalue weighted by Crippen LogP contribution is -2.44. The van der Waals surface area contributed by atoms with E-state index in [0.29, 0.717) is 0 Å². The number of likely N-dealkylation sites (tertiary alicyclic amines) is 1. The number of aryl methyl sites for hydroxylation is 1. The number of rotatable bonds is 1. The molecule has 0 radical (unpaired) electrons. The second kappa shape index (κ2) is 5.70. The van der Waals surface area contributed by atoms with Gasteiger partial charge in [-0.3, -0.25) is 0 Å². The Morgan fingerprint density at radius 2 is 1.72 bits per heavy atom. The molecule has 2 rings (SSSR count). The number of nitrogens with zero attached hydrogens (tertiary/aromatic N) is 1. The lowest BCUT2D eigenvalue weighted by Gasteiger charge is -2.36. The van der Waals surface area contributed by atoms with E-state index >= 15 is 0 Å². The molecule has 1 aromatic carbocycles. The van der Waals surface area contributed by atoms with Crippen LogP contribution in [0.5, 0.6) is 0 Å². The van der Waals surface area contributed by atoms with Crippen molar-refractivity contribution >= 4 is 23.0 Å². The monoisotopic (exact) mass is 262 g/mol. The molecule has 0 saturated carbocycles. The smallest absolute Gasteiger partial charge is 0.173 e. The fourth-order valence-corrected chi connectivity index (χ4v) is 2.94. The molecule has 3 heteroatoms. The highest BCUT2D eigenvalue weighted by Crippen LogP contribution is 2.21. The van der Waals surface area contributed by atoms with Gasteiger partial charge in [-0.05, 0) is 49.5 Å². The molecule has 1 N–H and O–H groups in total. The molecule has 98 valence electrons. The lowest BCUT2D eigenvalue weighted by molar-refractivity contribution is 0.216. The van der Waals surface area contributed by atoms with Crippen molar-refractivity contribution in [2.75, 3.05) is 18.4 Å². The number of nitrogens with one attached hydrogen (secondary N) is 1. The number of hydrogen-bond donors (Lipinski definition) is 1. The van der Waals surface area contributed by atoms with Crippen molar-refractivity contribution < 1.29 is 0 Å². The molecule has 1 aliphatic rings. The van der Waals surface area contributed by atoms with Gasteiger partial charge in [-0.15, -0.1) is 0 Å². The van der Waals surface area contributed by atoms with Crippen LogP contribution in [-0.4, -0.2) is 23.1 Å². The minimum absolute atomic E-state index is 0.728. The van der Waals surface area contributed by atoms with Crippen LogP contribution in [-0.2, 0) is 0 Å². The van der Waals surface area contributed by atoms with Crippen molar-refractivity contribution in [3.8, 4) is 0 Å². The van der Waals surface area contributed by atoms with Crippen LogP contribution in [0.1, 0.15) is 25.8 Å². The van der Waals surface area contributed by atoms with Gasteiger partial charge < -0.3 is 10.2 Å². The molecule has 2 atom stereocenters. The SMILES string of the molecule is Cc1ccc(NC(=S)N2C[C@H](C)C[C@H](C)C2)cc1. The molecule has 0 amide bonds. The van der Waals surface area contributed by atoms with E-state index in [1.807, 2.05) is 0 Å². The maximum atomic E-state index is 5.51. The van der Waals surface area contributed by atoms with Crippen LogP contribution >= 0.6 is 12.2 Å². The molecule has 2 nitrogen and oxygen atoms in total. The zero-order chi connectivity index (χ0) is 13.1. The largest absolute Gasteiger partial charge is 0.348 e. The number of benzene rings is 1. The van der Waals surface area contributed by atoms with Gasteiger partial charge in [0.05, 0.1) is 0 Å². The Morgan fingerprint density at radius 3 is 2.28 bits per heavy atom. The zero-order valence-electron chi connectivity index (χ0n) is 11.4. The maximum absolute atomic E-state index is 5.51. The van der Waals surface area contributed by atoms with Gasteiger partial charge in [-0.1, -0.05) is 31.5 Å². The van der Waals surface area contributed by atoms with Gasteiger partial charge in [0.15, 0.2) is 5.11 Å². The molecule has 0 unspecified atom stereocenters. The predicted octanol–water partition coefficient (Wildman–Crippen LogP) is 3.67. The number of anilines is 1. The number of thiocarbonyl (C=S) groups is 1. The molecule has 1 saturated heterocycles. The fourth-order valence-electron chi connectivity index (χ4n) is 2.67. The summed E-state index contributed by atoms with van der Waals surface area (Å²) in [5.41, 5.74) is 2.35. The third kappa shape index (κ3) is 3.45. The van der Waals surface area contributed by atoms with Gasteiger partial charge in [0, 0.05) is 18.8 Å². The summed E-state index contributed by atoms with van der Waals surface area (Å²) >= 11 is 5.51. The van der Waals surface area contributed by atoms with Crippen LogP contribution in [0, 0.1) is 18.8 Å². The molecule has 0 bridgehead atoms. The van der Waals surface area contributed by atoms with E-state index in [4.69, 9.17) is 12.2 Å². The van der Waals surface area contributed by atoms with Crippen molar-refractivity contribution in [3.05, 3.63) is 29.8 Å². The summed E-state index contributed by atoms with van der Waals surface area (Å²) in [6, 6.07) is 8.37. The molecular formula is C15H22N2S. The Kier molecular flexibility index (Phi) is 4.23. The minimum atomic E-state index is 0.728. The molecule has 1 fully saturated rings. The van der Waals surface area contributed by atoms with Crippen molar-refractivity contribution in [2.45, 2.75) is 27.2 Å². The predicted molar refractivity (Wildman–Crippen MR) is 81.9 cm³/mol. The maximum Gasteiger partial charge on any atom is 0.173 e. The van der Waals surface area contributed by atoms with E-state index in [1.165, 1.54) is 12.0 Å². The Hall–Kier alpha value is -1.09. The molecular weight excluding hydrogens is 240 g/mol. The first kappa shape index (κ1) is 13.3. The van der Waals surface area contributed by atoms with Gasteiger partial charge >= 0.3 is 0 Å². The molecule has 0 spiro atoms. The van der Waals surface area contributed by atoms with E-state index in [1.54, 1.807) is 0 Å². The molecule has 1 aliphatic heterocycles. The van der Waals surface area contributed by atoms with Crippen LogP contribution in [0.15, 0.2) is 24.3 Å². The van der Waals surface area contributed by atoms with E-state index in [-0.39, 0.29) is 0 Å². The van der Waals surface area contributed by atoms with Crippen molar-refractivity contribution in [1.82, 2.24) is 4.90 Å². The summed E-state index contributed by atoms with van der Waals surface area (Å²) in [6.45, 7) is 8.84. The van der Waals surface area contributed by atoms with Gasteiger partial charge in [-0.2, -0.15) is 0 Å². The topological polar surface area (TPSA) is 15.3 Å². The van der Waals surface area contributed by atoms with Crippen molar-refractivity contribution in [2.24, 2.45) is 11.8 Å². The molecule has 1 aromatic rings. The first-order valence-electron chi connectivity index (χ1n) is 6.67. The van der Waals surface area contributed by atoms with Crippen molar-refractivity contribution in [3.63, 3.8) is 0 Å². The average Bonchev–Trinajstić information content (AvgIpc) is 2.31. The van der Waals surface area contributed by atoms with Crippen LogP contribution in [0.3, 0.4) is 0 Å². The van der Waals surface area contributed by atoms with Crippen LogP contribution in [0.25, 0.3) is 0 Å². The summed E-state index contributed by atoms with van der Waals surface area (Å²) in [5, 5.41) is 4.20. The Balaban J connectivity index is 1.97. The molecule has 1 heterocycles. The van der Waals surface area contributed by atoms with Gasteiger partial charge in [-0.25, -0.2) is 0 Å². The molecule has 0 aromatic heterocycles. The minimum Gasteiger partial charge on any atom is -0.348 e. The Morgan fingerprint density at radius 1 is 1.17 bits per heavy atom. The van der Waals surface area contributed by atoms with Crippen molar-refractivity contribution in [1.29, 1.82) is 0 Å². The van der Waals surface area contributed by atoms with E-state index in [0.717, 1.165) is 35.7 Å². The third-order valence-corrected chi connectivity index (χ3v) is 3.82. The zero-order valence-corrected chi connectivity index (χ0v) is 12.3. The van der Waals surface area contributed by atoms with E-state index in [9.17, 15) is 0 Å². The highest BCUT2D eigenvalue weighted by atomic mass is 32.1.